The highest BCUT2D eigenvalue weighted by Crippen LogP contribution is 2.30. The van der Waals surface area contributed by atoms with Gasteiger partial charge in [0, 0.05) is 5.38 Å². The van der Waals surface area contributed by atoms with E-state index < -0.39 is 0 Å². The normalized spacial score (nSPS) is 45.0. The van der Waals surface area contributed by atoms with Crippen molar-refractivity contribution in [3.05, 3.63) is 0 Å². The monoisotopic (exact) mass is 104 g/mol. The second-order valence-electron chi connectivity index (χ2n) is 2.07. The first-order chi connectivity index (χ1) is 2.80. The Bertz CT molecular complexity index is 43.9. The number of hydrogen-bond acceptors (Lipinski definition) is 0. The van der Waals surface area contributed by atoms with Gasteiger partial charge in [0.25, 0.3) is 0 Å². The van der Waals surface area contributed by atoms with E-state index in [-0.39, 0.29) is 0 Å². The third kappa shape index (κ3) is 0.538. The van der Waals surface area contributed by atoms with E-state index >= 15 is 0 Å². The van der Waals surface area contributed by atoms with Crippen molar-refractivity contribution in [3.63, 3.8) is 0 Å². The lowest BCUT2D eigenvalue weighted by atomic mass is 9.87. The van der Waals surface area contributed by atoms with Gasteiger partial charge in [-0.2, -0.15) is 0 Å². The molecule has 0 aromatic rings. The average Bonchev–Trinajstić information content (AvgIpc) is 1.61. The van der Waals surface area contributed by atoms with Crippen molar-refractivity contribution < 1.29 is 0 Å². The Morgan fingerprint density at radius 1 is 1.50 bits per heavy atom. The van der Waals surface area contributed by atoms with E-state index in [9.17, 15) is 0 Å². The van der Waals surface area contributed by atoms with Gasteiger partial charge in [0.1, 0.15) is 0 Å². The lowest BCUT2D eigenvalue weighted by molar-refractivity contribution is 0.356. The minimum atomic E-state index is 0.505. The summed E-state index contributed by atoms with van der Waals surface area (Å²) < 4.78 is 0. The molecule has 0 saturated heterocycles. The van der Waals surface area contributed by atoms with Gasteiger partial charge in [0.2, 0.25) is 0 Å². The molecule has 6 heavy (non-hydrogen) atoms. The van der Waals surface area contributed by atoms with Crippen LogP contribution < -0.4 is 0 Å². The maximum absolute atomic E-state index is 5.70. The third-order valence-corrected chi connectivity index (χ3v) is 2.16. The molecular formula is C5H9Cl. The molecule has 2 atom stereocenters. The fourth-order valence-corrected chi connectivity index (χ4v) is 0.878. The molecule has 0 amide bonds. The zero-order chi connectivity index (χ0) is 4.57. The molecule has 0 aromatic carbocycles. The SMILES string of the molecule is CC1CCC1Cl. The van der Waals surface area contributed by atoms with Gasteiger partial charge in [-0.05, 0) is 18.8 Å². The van der Waals surface area contributed by atoms with Crippen molar-refractivity contribution in [3.8, 4) is 0 Å². The van der Waals surface area contributed by atoms with E-state index in [1.807, 2.05) is 0 Å². The van der Waals surface area contributed by atoms with Gasteiger partial charge in [-0.15, -0.1) is 11.6 Å². The first-order valence-electron chi connectivity index (χ1n) is 2.45. The van der Waals surface area contributed by atoms with Crippen molar-refractivity contribution in [1.29, 1.82) is 0 Å². The molecule has 0 aliphatic heterocycles. The first kappa shape index (κ1) is 4.45. The number of hydrogen-bond donors (Lipinski definition) is 0. The van der Waals surface area contributed by atoms with E-state index in [1.54, 1.807) is 0 Å². The molecule has 0 N–H and O–H groups in total. The molecule has 1 saturated carbocycles. The second-order valence-corrected chi connectivity index (χ2v) is 2.63. The summed E-state index contributed by atoms with van der Waals surface area (Å²) in [4.78, 5) is 0. The molecule has 0 aromatic heterocycles. The summed E-state index contributed by atoms with van der Waals surface area (Å²) in [6.45, 7) is 2.20. The van der Waals surface area contributed by atoms with E-state index in [0.717, 1.165) is 5.92 Å². The van der Waals surface area contributed by atoms with Crippen LogP contribution in [-0.2, 0) is 0 Å². The molecule has 1 aliphatic carbocycles. The largest absolute Gasteiger partial charge is 0.123 e. The van der Waals surface area contributed by atoms with Crippen LogP contribution in [0.5, 0.6) is 0 Å². The van der Waals surface area contributed by atoms with Gasteiger partial charge in [-0.1, -0.05) is 6.92 Å². The molecule has 2 unspecified atom stereocenters. The lowest BCUT2D eigenvalue weighted by Crippen LogP contribution is -2.22. The zero-order valence-electron chi connectivity index (χ0n) is 3.95. The standard InChI is InChI=1S/C5H9Cl/c1-4-2-3-5(4)6/h4-5H,2-3H2,1H3. The lowest BCUT2D eigenvalue weighted by Gasteiger charge is -2.27. The molecule has 1 rings (SSSR count). The van der Waals surface area contributed by atoms with Gasteiger partial charge in [0.15, 0.2) is 0 Å². The van der Waals surface area contributed by atoms with Crippen molar-refractivity contribution in [2.24, 2.45) is 5.92 Å². The van der Waals surface area contributed by atoms with Gasteiger partial charge in [-0.25, -0.2) is 0 Å². The maximum atomic E-state index is 5.70. The predicted octanol–water partition coefficient (Wildman–Crippen LogP) is 2.02. The highest BCUT2D eigenvalue weighted by molar-refractivity contribution is 6.21. The van der Waals surface area contributed by atoms with E-state index in [0.29, 0.717) is 5.38 Å². The highest BCUT2D eigenvalue weighted by atomic mass is 35.5. The van der Waals surface area contributed by atoms with Crippen molar-refractivity contribution >= 4 is 11.6 Å². The van der Waals surface area contributed by atoms with Crippen molar-refractivity contribution in [1.82, 2.24) is 0 Å². The molecule has 36 valence electrons. The van der Waals surface area contributed by atoms with Crippen LogP contribution in [0.2, 0.25) is 0 Å². The van der Waals surface area contributed by atoms with Gasteiger partial charge in [-0.3, -0.25) is 0 Å². The topological polar surface area (TPSA) is 0 Å². The maximum Gasteiger partial charge on any atom is 0.0361 e. The summed E-state index contributed by atoms with van der Waals surface area (Å²) in [5, 5.41) is 0.505. The molecule has 0 nitrogen and oxygen atoms in total. The van der Waals surface area contributed by atoms with E-state index in [4.69, 9.17) is 11.6 Å². The van der Waals surface area contributed by atoms with Crippen LogP contribution in [0.1, 0.15) is 19.8 Å². The summed E-state index contributed by atoms with van der Waals surface area (Å²) in [5.41, 5.74) is 0. The molecule has 1 fully saturated rings. The second kappa shape index (κ2) is 1.42. The van der Waals surface area contributed by atoms with Crippen LogP contribution in [0.25, 0.3) is 0 Å². The molecule has 0 heterocycles. The Labute approximate surface area is 43.5 Å². The Morgan fingerprint density at radius 3 is 2.00 bits per heavy atom. The van der Waals surface area contributed by atoms with E-state index in [2.05, 4.69) is 6.92 Å². The van der Waals surface area contributed by atoms with Gasteiger partial charge in [0.05, 0.1) is 0 Å². The van der Waals surface area contributed by atoms with Gasteiger partial charge >= 0.3 is 0 Å². The summed E-state index contributed by atoms with van der Waals surface area (Å²) in [6, 6.07) is 0. The number of halogens is 1. The molecule has 0 bridgehead atoms. The Hall–Kier alpha value is 0.290. The summed E-state index contributed by atoms with van der Waals surface area (Å²) in [6.07, 6.45) is 2.58. The Kier molecular flexibility index (Phi) is 1.05. The quantitative estimate of drug-likeness (QED) is 0.413. The summed E-state index contributed by atoms with van der Waals surface area (Å²) in [5.74, 6) is 0.798. The van der Waals surface area contributed by atoms with Crippen LogP contribution in [0.4, 0.5) is 0 Å². The predicted molar refractivity (Wildman–Crippen MR) is 28.0 cm³/mol. The smallest absolute Gasteiger partial charge is 0.0361 e. The van der Waals surface area contributed by atoms with Crippen LogP contribution in [0.15, 0.2) is 0 Å². The fourth-order valence-electron chi connectivity index (χ4n) is 0.626. The molecule has 0 radical (unpaired) electrons. The van der Waals surface area contributed by atoms with Crippen LogP contribution in [0, 0.1) is 5.92 Å². The first-order valence-corrected chi connectivity index (χ1v) is 2.88. The van der Waals surface area contributed by atoms with Crippen LogP contribution >= 0.6 is 11.6 Å². The summed E-state index contributed by atoms with van der Waals surface area (Å²) >= 11 is 5.70. The molecule has 1 aliphatic rings. The van der Waals surface area contributed by atoms with Crippen molar-refractivity contribution in [2.75, 3.05) is 0 Å². The Morgan fingerprint density at radius 2 is 2.00 bits per heavy atom. The fraction of sp³-hybridized carbons (Fsp3) is 1.00. The highest BCUT2D eigenvalue weighted by Gasteiger charge is 2.23. The average molecular weight is 105 g/mol. The molecular weight excluding hydrogens is 95.5 g/mol. The minimum absolute atomic E-state index is 0.505. The number of rotatable bonds is 0. The van der Waals surface area contributed by atoms with Crippen molar-refractivity contribution in [2.45, 2.75) is 25.1 Å². The van der Waals surface area contributed by atoms with E-state index in [1.165, 1.54) is 12.8 Å². The van der Waals surface area contributed by atoms with Crippen LogP contribution in [0.3, 0.4) is 0 Å². The Balaban J connectivity index is 2.20. The zero-order valence-corrected chi connectivity index (χ0v) is 4.70. The van der Waals surface area contributed by atoms with Crippen LogP contribution in [-0.4, -0.2) is 5.38 Å². The van der Waals surface area contributed by atoms with Gasteiger partial charge < -0.3 is 0 Å². The minimum Gasteiger partial charge on any atom is -0.123 e. The summed E-state index contributed by atoms with van der Waals surface area (Å²) in [7, 11) is 0. The molecule has 1 heteroatoms. The third-order valence-electron chi connectivity index (χ3n) is 1.52. The molecule has 0 spiro atoms. The number of alkyl halides is 1.